The Labute approximate surface area is 109 Å². The number of rotatable bonds is 6. The lowest BCUT2D eigenvalue weighted by molar-refractivity contribution is -0.122. The van der Waals surface area contributed by atoms with Crippen LogP contribution in [0.4, 0.5) is 0 Å². The molecule has 5 heteroatoms. The van der Waals surface area contributed by atoms with Gasteiger partial charge in [0, 0.05) is 11.0 Å². The first-order valence-corrected chi connectivity index (χ1v) is 6.20. The van der Waals surface area contributed by atoms with Crippen molar-refractivity contribution >= 4 is 21.8 Å². The van der Waals surface area contributed by atoms with Crippen LogP contribution in [0.3, 0.4) is 0 Å². The molecule has 0 aliphatic carbocycles. The lowest BCUT2D eigenvalue weighted by Crippen LogP contribution is -2.31. The maximum Gasteiger partial charge on any atom is 0.223 e. The second-order valence-corrected chi connectivity index (χ2v) is 4.62. The monoisotopic (exact) mass is 301 g/mol. The van der Waals surface area contributed by atoms with E-state index in [0.29, 0.717) is 6.61 Å². The largest absolute Gasteiger partial charge is 0.493 e. The highest BCUT2D eigenvalue weighted by Gasteiger charge is 2.03. The number of carbonyl (C=O) groups excluding carboxylic acids is 1. The topological polar surface area (TPSA) is 58.6 Å². The van der Waals surface area contributed by atoms with Gasteiger partial charge in [-0.3, -0.25) is 4.79 Å². The molecule has 0 aliphatic heterocycles. The Kier molecular flexibility index (Phi) is 6.00. The van der Waals surface area contributed by atoms with E-state index in [0.717, 1.165) is 10.2 Å². The number of hydrogen-bond acceptors (Lipinski definition) is 3. The molecule has 1 rings (SSSR count). The number of amides is 1. The van der Waals surface area contributed by atoms with Crippen molar-refractivity contribution in [2.75, 3.05) is 13.2 Å². The second-order valence-electron chi connectivity index (χ2n) is 3.71. The van der Waals surface area contributed by atoms with E-state index in [4.69, 9.17) is 9.84 Å². The van der Waals surface area contributed by atoms with E-state index in [2.05, 4.69) is 21.2 Å². The predicted octanol–water partition coefficient (Wildman–Crippen LogP) is 1.71. The van der Waals surface area contributed by atoms with Crippen LogP contribution in [0, 0.1) is 0 Å². The number of aliphatic hydroxyl groups is 1. The minimum absolute atomic E-state index is 0.124. The fourth-order valence-corrected chi connectivity index (χ4v) is 1.55. The molecule has 0 spiro atoms. The zero-order valence-corrected chi connectivity index (χ0v) is 11.2. The summed E-state index contributed by atoms with van der Waals surface area (Å²) in [6.07, 6.45) is -0.246. The Bertz CT molecular complexity index is 369. The molecular weight excluding hydrogens is 286 g/mol. The summed E-state index contributed by atoms with van der Waals surface area (Å²) in [5.74, 6) is 0.601. The molecule has 94 valence electrons. The molecule has 2 N–H and O–H groups in total. The lowest BCUT2D eigenvalue weighted by atomic mass is 10.3. The zero-order valence-electron chi connectivity index (χ0n) is 9.65. The van der Waals surface area contributed by atoms with Crippen LogP contribution in [0.1, 0.15) is 13.3 Å². The van der Waals surface area contributed by atoms with Crippen LogP contribution in [0.5, 0.6) is 5.75 Å². The number of aliphatic hydroxyl groups excluding tert-OH is 1. The highest BCUT2D eigenvalue weighted by Crippen LogP contribution is 2.17. The number of ether oxygens (including phenoxy) is 1. The molecule has 0 unspecified atom stereocenters. The Balaban J connectivity index is 2.21. The third-order valence-corrected chi connectivity index (χ3v) is 2.48. The molecule has 1 atom stereocenters. The van der Waals surface area contributed by atoms with Gasteiger partial charge in [0.1, 0.15) is 5.75 Å². The highest BCUT2D eigenvalue weighted by molar-refractivity contribution is 9.10. The summed E-state index contributed by atoms with van der Waals surface area (Å²) < 4.78 is 6.35. The molecule has 0 radical (unpaired) electrons. The van der Waals surface area contributed by atoms with Gasteiger partial charge in [-0.05, 0) is 25.1 Å². The van der Waals surface area contributed by atoms with Gasteiger partial charge >= 0.3 is 0 Å². The minimum Gasteiger partial charge on any atom is -0.493 e. The maximum atomic E-state index is 11.3. The van der Waals surface area contributed by atoms with Crippen LogP contribution in [0.25, 0.3) is 0 Å². The van der Waals surface area contributed by atoms with Crippen molar-refractivity contribution in [1.29, 1.82) is 0 Å². The standard InChI is InChI=1S/C12H16BrNO3/c1-9(15)8-14-12(16)5-6-17-11-4-2-3-10(13)7-11/h2-4,7,9,15H,5-6,8H2,1H3,(H,14,16)/t9-/m0/s1. The number of hydrogen-bond donors (Lipinski definition) is 2. The van der Waals surface area contributed by atoms with Gasteiger partial charge in [-0.1, -0.05) is 22.0 Å². The fourth-order valence-electron chi connectivity index (χ4n) is 1.17. The van der Waals surface area contributed by atoms with Gasteiger partial charge in [0.2, 0.25) is 5.91 Å². The third-order valence-electron chi connectivity index (χ3n) is 1.99. The number of halogens is 1. The van der Waals surface area contributed by atoms with Crippen molar-refractivity contribution < 1.29 is 14.6 Å². The maximum absolute atomic E-state index is 11.3. The van der Waals surface area contributed by atoms with E-state index < -0.39 is 6.10 Å². The number of nitrogens with one attached hydrogen (secondary N) is 1. The van der Waals surface area contributed by atoms with E-state index >= 15 is 0 Å². The van der Waals surface area contributed by atoms with Crippen LogP contribution >= 0.6 is 15.9 Å². The van der Waals surface area contributed by atoms with Gasteiger partial charge in [-0.15, -0.1) is 0 Å². The van der Waals surface area contributed by atoms with E-state index in [9.17, 15) is 4.79 Å². The van der Waals surface area contributed by atoms with E-state index in [1.807, 2.05) is 24.3 Å². The van der Waals surface area contributed by atoms with Crippen LogP contribution in [0.2, 0.25) is 0 Å². The molecule has 0 saturated carbocycles. The molecule has 0 bridgehead atoms. The molecule has 0 saturated heterocycles. The average Bonchev–Trinajstić information content (AvgIpc) is 2.26. The second kappa shape index (κ2) is 7.29. The Hall–Kier alpha value is -1.07. The van der Waals surface area contributed by atoms with E-state index in [1.165, 1.54) is 0 Å². The van der Waals surface area contributed by atoms with Gasteiger partial charge in [0.15, 0.2) is 0 Å². The Morgan fingerprint density at radius 2 is 2.35 bits per heavy atom. The highest BCUT2D eigenvalue weighted by atomic mass is 79.9. The molecule has 0 aliphatic rings. The molecule has 4 nitrogen and oxygen atoms in total. The smallest absolute Gasteiger partial charge is 0.223 e. The van der Waals surface area contributed by atoms with Crippen molar-refractivity contribution in [1.82, 2.24) is 5.32 Å². The molecule has 1 aromatic carbocycles. The van der Waals surface area contributed by atoms with Crippen LogP contribution in [-0.4, -0.2) is 30.3 Å². The molecule has 17 heavy (non-hydrogen) atoms. The normalized spacial score (nSPS) is 11.9. The average molecular weight is 302 g/mol. The summed E-state index contributed by atoms with van der Waals surface area (Å²) in [4.78, 5) is 11.3. The minimum atomic E-state index is -0.523. The molecule has 0 aromatic heterocycles. The zero-order chi connectivity index (χ0) is 12.7. The van der Waals surface area contributed by atoms with Gasteiger partial charge < -0.3 is 15.2 Å². The summed E-state index contributed by atoms with van der Waals surface area (Å²) in [6.45, 7) is 2.22. The molecule has 0 fully saturated rings. The van der Waals surface area contributed by atoms with Crippen LogP contribution < -0.4 is 10.1 Å². The van der Waals surface area contributed by atoms with Crippen molar-refractivity contribution in [2.24, 2.45) is 0 Å². The summed E-state index contributed by atoms with van der Waals surface area (Å²) in [5.41, 5.74) is 0. The van der Waals surface area contributed by atoms with Gasteiger partial charge in [-0.25, -0.2) is 0 Å². The molecular formula is C12H16BrNO3. The van der Waals surface area contributed by atoms with Crippen molar-refractivity contribution in [2.45, 2.75) is 19.4 Å². The third kappa shape index (κ3) is 6.28. The van der Waals surface area contributed by atoms with E-state index in [1.54, 1.807) is 6.92 Å². The van der Waals surface area contributed by atoms with Gasteiger partial charge in [0.25, 0.3) is 0 Å². The number of benzene rings is 1. The first-order valence-electron chi connectivity index (χ1n) is 5.41. The van der Waals surface area contributed by atoms with Crippen molar-refractivity contribution in [3.05, 3.63) is 28.7 Å². The van der Waals surface area contributed by atoms with Gasteiger partial charge in [-0.2, -0.15) is 0 Å². The first kappa shape index (κ1) is 14.0. The van der Waals surface area contributed by atoms with Crippen LogP contribution in [-0.2, 0) is 4.79 Å². The summed E-state index contributed by atoms with van der Waals surface area (Å²) in [7, 11) is 0. The van der Waals surface area contributed by atoms with Gasteiger partial charge in [0.05, 0.1) is 19.1 Å². The molecule has 0 heterocycles. The first-order chi connectivity index (χ1) is 8.08. The Morgan fingerprint density at radius 3 is 3.00 bits per heavy atom. The fraction of sp³-hybridized carbons (Fsp3) is 0.417. The molecule has 1 aromatic rings. The van der Waals surface area contributed by atoms with Crippen molar-refractivity contribution in [3.63, 3.8) is 0 Å². The quantitative estimate of drug-likeness (QED) is 0.841. The summed E-state index contributed by atoms with van der Waals surface area (Å²) in [5, 5.41) is 11.6. The lowest BCUT2D eigenvalue weighted by Gasteiger charge is -2.08. The SMILES string of the molecule is C[C@H](O)CNC(=O)CCOc1cccc(Br)c1. The summed E-state index contributed by atoms with van der Waals surface area (Å²) >= 11 is 3.34. The Morgan fingerprint density at radius 1 is 1.59 bits per heavy atom. The van der Waals surface area contributed by atoms with Crippen LogP contribution in [0.15, 0.2) is 28.7 Å². The van der Waals surface area contributed by atoms with Crippen molar-refractivity contribution in [3.8, 4) is 5.75 Å². The number of carbonyl (C=O) groups is 1. The molecule has 1 amide bonds. The predicted molar refractivity (Wildman–Crippen MR) is 68.9 cm³/mol. The summed E-state index contributed by atoms with van der Waals surface area (Å²) in [6, 6.07) is 7.45. The van der Waals surface area contributed by atoms with E-state index in [-0.39, 0.29) is 18.9 Å².